The van der Waals surface area contributed by atoms with Crippen molar-refractivity contribution in [3.05, 3.63) is 0 Å². The van der Waals surface area contributed by atoms with Crippen molar-refractivity contribution >= 4 is 17.5 Å². The van der Waals surface area contributed by atoms with E-state index in [1.807, 2.05) is 0 Å². The first-order valence-electron chi connectivity index (χ1n) is 7.55. The molecule has 0 radical (unpaired) electrons. The average molecular weight is 288 g/mol. The lowest BCUT2D eigenvalue weighted by Gasteiger charge is -2.40. The zero-order chi connectivity index (χ0) is 14.7. The molecule has 0 saturated heterocycles. The van der Waals surface area contributed by atoms with Gasteiger partial charge in [0.1, 0.15) is 0 Å². The second-order valence-electron chi connectivity index (χ2n) is 7.69. The number of carbonyl (C=O) groups excluding carboxylic acids is 1. The fraction of sp³-hybridized carbons (Fsp3) is 0.938. The van der Waals surface area contributed by atoms with Gasteiger partial charge in [-0.25, -0.2) is 0 Å². The normalized spacial score (nSPS) is 24.8. The predicted molar refractivity (Wildman–Crippen MR) is 82.5 cm³/mol. The molecule has 0 aromatic heterocycles. The van der Waals surface area contributed by atoms with E-state index in [2.05, 4.69) is 39.9 Å². The molecule has 19 heavy (non-hydrogen) atoms. The molecule has 0 aromatic rings. The molecular formula is C16H30ClNO. The Hall–Kier alpha value is -0.240. The van der Waals surface area contributed by atoms with Gasteiger partial charge in [0.2, 0.25) is 5.91 Å². The van der Waals surface area contributed by atoms with Gasteiger partial charge in [-0.15, -0.1) is 11.6 Å². The molecule has 1 N–H and O–H groups in total. The summed E-state index contributed by atoms with van der Waals surface area (Å²) in [6, 6.07) is 0.162. The van der Waals surface area contributed by atoms with Crippen molar-refractivity contribution in [3.8, 4) is 0 Å². The topological polar surface area (TPSA) is 29.1 Å². The third kappa shape index (κ3) is 4.66. The Morgan fingerprint density at radius 2 is 2.00 bits per heavy atom. The summed E-state index contributed by atoms with van der Waals surface area (Å²) < 4.78 is 0. The highest BCUT2D eigenvalue weighted by Crippen LogP contribution is 2.40. The van der Waals surface area contributed by atoms with E-state index in [1.165, 1.54) is 12.8 Å². The summed E-state index contributed by atoms with van der Waals surface area (Å²) in [4.78, 5) is 12.6. The van der Waals surface area contributed by atoms with E-state index < -0.39 is 0 Å². The maximum atomic E-state index is 12.6. The van der Waals surface area contributed by atoms with Crippen molar-refractivity contribution in [3.63, 3.8) is 0 Å². The van der Waals surface area contributed by atoms with Gasteiger partial charge in [0, 0.05) is 17.8 Å². The SMILES string of the molecule is CC(C)(C)C(CCCl)NC(=O)C1CCCCC1(C)C. The van der Waals surface area contributed by atoms with Gasteiger partial charge >= 0.3 is 0 Å². The highest BCUT2D eigenvalue weighted by atomic mass is 35.5. The summed E-state index contributed by atoms with van der Waals surface area (Å²) in [5.74, 6) is 0.979. The number of rotatable bonds is 4. The molecule has 3 heteroatoms. The van der Waals surface area contributed by atoms with E-state index in [0.717, 1.165) is 19.3 Å². The summed E-state index contributed by atoms with van der Waals surface area (Å²) >= 11 is 5.88. The summed E-state index contributed by atoms with van der Waals surface area (Å²) in [5, 5.41) is 3.26. The number of hydrogen-bond donors (Lipinski definition) is 1. The molecule has 0 aromatic carbocycles. The second kappa shape index (κ2) is 6.47. The molecule has 2 atom stereocenters. The lowest BCUT2D eigenvalue weighted by atomic mass is 9.68. The minimum atomic E-state index is 0.0589. The molecule has 1 amide bonds. The summed E-state index contributed by atoms with van der Waals surface area (Å²) in [5.41, 5.74) is 0.190. The average Bonchev–Trinajstić information content (AvgIpc) is 2.26. The number of hydrogen-bond acceptors (Lipinski definition) is 1. The minimum absolute atomic E-state index is 0.0589. The van der Waals surface area contributed by atoms with Crippen molar-refractivity contribution in [2.24, 2.45) is 16.7 Å². The van der Waals surface area contributed by atoms with Crippen molar-refractivity contribution in [1.29, 1.82) is 0 Å². The van der Waals surface area contributed by atoms with E-state index in [-0.39, 0.29) is 28.7 Å². The molecular weight excluding hydrogens is 258 g/mol. The number of alkyl halides is 1. The van der Waals surface area contributed by atoms with Gasteiger partial charge in [-0.1, -0.05) is 47.5 Å². The van der Waals surface area contributed by atoms with Crippen molar-refractivity contribution in [2.75, 3.05) is 5.88 Å². The standard InChI is InChI=1S/C16H30ClNO/c1-15(2,3)13(9-11-17)18-14(19)12-8-6-7-10-16(12,4)5/h12-13H,6-11H2,1-5H3,(H,18,19). The molecule has 112 valence electrons. The molecule has 1 aliphatic rings. The van der Waals surface area contributed by atoms with Gasteiger partial charge in [0.05, 0.1) is 0 Å². The van der Waals surface area contributed by atoms with Crippen LogP contribution in [0.5, 0.6) is 0 Å². The Balaban J connectivity index is 2.71. The highest BCUT2D eigenvalue weighted by Gasteiger charge is 2.38. The molecule has 0 bridgehead atoms. The Morgan fingerprint density at radius 1 is 1.37 bits per heavy atom. The van der Waals surface area contributed by atoms with Gasteiger partial charge in [0.15, 0.2) is 0 Å². The van der Waals surface area contributed by atoms with E-state index in [4.69, 9.17) is 11.6 Å². The molecule has 0 spiro atoms. The Morgan fingerprint density at radius 3 is 2.47 bits per heavy atom. The van der Waals surface area contributed by atoms with Gasteiger partial charge in [-0.05, 0) is 30.1 Å². The van der Waals surface area contributed by atoms with Crippen molar-refractivity contribution in [2.45, 2.75) is 72.8 Å². The van der Waals surface area contributed by atoms with Crippen LogP contribution in [0.25, 0.3) is 0 Å². The molecule has 0 heterocycles. The maximum Gasteiger partial charge on any atom is 0.223 e. The van der Waals surface area contributed by atoms with Crippen LogP contribution < -0.4 is 5.32 Å². The van der Waals surface area contributed by atoms with Crippen LogP contribution in [0.3, 0.4) is 0 Å². The largest absolute Gasteiger partial charge is 0.353 e. The molecule has 1 rings (SSSR count). The van der Waals surface area contributed by atoms with Crippen molar-refractivity contribution in [1.82, 2.24) is 5.32 Å². The molecule has 1 fully saturated rings. The zero-order valence-corrected chi connectivity index (χ0v) is 13.9. The molecule has 2 unspecified atom stereocenters. The smallest absolute Gasteiger partial charge is 0.223 e. The highest BCUT2D eigenvalue weighted by molar-refractivity contribution is 6.17. The lowest BCUT2D eigenvalue weighted by molar-refractivity contribution is -0.131. The van der Waals surface area contributed by atoms with Gasteiger partial charge in [-0.2, -0.15) is 0 Å². The first-order chi connectivity index (χ1) is 8.68. The second-order valence-corrected chi connectivity index (χ2v) is 8.07. The van der Waals surface area contributed by atoms with E-state index in [9.17, 15) is 4.79 Å². The van der Waals surface area contributed by atoms with E-state index >= 15 is 0 Å². The maximum absolute atomic E-state index is 12.6. The molecule has 1 saturated carbocycles. The fourth-order valence-electron chi connectivity index (χ4n) is 3.08. The van der Waals surface area contributed by atoms with Crippen molar-refractivity contribution < 1.29 is 4.79 Å². The third-order valence-electron chi connectivity index (χ3n) is 4.58. The number of halogens is 1. The fourth-order valence-corrected chi connectivity index (χ4v) is 3.30. The van der Waals surface area contributed by atoms with Crippen LogP contribution >= 0.6 is 11.6 Å². The molecule has 1 aliphatic carbocycles. The molecule has 2 nitrogen and oxygen atoms in total. The van der Waals surface area contributed by atoms with Gasteiger partial charge in [0.25, 0.3) is 0 Å². The first-order valence-corrected chi connectivity index (χ1v) is 8.08. The zero-order valence-electron chi connectivity index (χ0n) is 13.2. The van der Waals surface area contributed by atoms with E-state index in [1.54, 1.807) is 0 Å². The minimum Gasteiger partial charge on any atom is -0.353 e. The summed E-state index contributed by atoms with van der Waals surface area (Å²) in [7, 11) is 0. The Bertz CT molecular complexity index is 306. The van der Waals surface area contributed by atoms with Crippen LogP contribution in [-0.2, 0) is 4.79 Å². The van der Waals surface area contributed by atoms with Crippen LogP contribution in [0, 0.1) is 16.7 Å². The summed E-state index contributed by atoms with van der Waals surface area (Å²) in [6.45, 7) is 10.9. The Kier molecular flexibility index (Phi) is 5.73. The van der Waals surface area contributed by atoms with E-state index in [0.29, 0.717) is 5.88 Å². The number of nitrogens with one attached hydrogen (secondary N) is 1. The van der Waals surface area contributed by atoms with Crippen LogP contribution in [0.4, 0.5) is 0 Å². The third-order valence-corrected chi connectivity index (χ3v) is 4.80. The quantitative estimate of drug-likeness (QED) is 0.765. The Labute approximate surface area is 123 Å². The monoisotopic (exact) mass is 287 g/mol. The van der Waals surface area contributed by atoms with Crippen LogP contribution in [-0.4, -0.2) is 17.8 Å². The van der Waals surface area contributed by atoms with Gasteiger partial charge in [-0.3, -0.25) is 4.79 Å². The molecule has 0 aliphatic heterocycles. The first kappa shape index (κ1) is 16.8. The van der Waals surface area contributed by atoms with Crippen LogP contribution in [0.2, 0.25) is 0 Å². The van der Waals surface area contributed by atoms with Crippen LogP contribution in [0.1, 0.15) is 66.7 Å². The van der Waals surface area contributed by atoms with Crippen LogP contribution in [0.15, 0.2) is 0 Å². The summed E-state index contributed by atoms with van der Waals surface area (Å²) in [6.07, 6.45) is 5.44. The predicted octanol–water partition coefficient (Wildman–Crippen LogP) is 4.36. The number of amides is 1. The number of carbonyl (C=O) groups is 1. The lowest BCUT2D eigenvalue weighted by Crippen LogP contribution is -2.49. The van der Waals surface area contributed by atoms with Gasteiger partial charge < -0.3 is 5.32 Å².